The maximum atomic E-state index is 14.2. The molecule has 0 atom stereocenters. The fourth-order valence-corrected chi connectivity index (χ4v) is 3.41. The van der Waals surface area contributed by atoms with E-state index in [-0.39, 0.29) is 12.4 Å². The first-order valence-electron chi connectivity index (χ1n) is 8.37. The highest BCUT2D eigenvalue weighted by Gasteiger charge is 2.14. The minimum absolute atomic E-state index is 0.199. The maximum absolute atomic E-state index is 14.2. The number of nitrogens with zero attached hydrogens (tertiary/aromatic N) is 2. The van der Waals surface area contributed by atoms with Crippen LogP contribution in [0.4, 0.5) is 4.39 Å². The average molecular weight is 401 g/mol. The van der Waals surface area contributed by atoms with Crippen LogP contribution in [0.5, 0.6) is 5.75 Å². The summed E-state index contributed by atoms with van der Waals surface area (Å²) in [6.07, 6.45) is 0. The van der Waals surface area contributed by atoms with Gasteiger partial charge in [0.05, 0.1) is 22.6 Å². The first-order chi connectivity index (χ1) is 13.1. The van der Waals surface area contributed by atoms with E-state index in [4.69, 9.17) is 27.9 Å². The average Bonchev–Trinajstić information content (AvgIpc) is 3.00. The third kappa shape index (κ3) is 3.77. The Morgan fingerprint density at radius 3 is 2.56 bits per heavy atom. The molecule has 4 aromatic rings. The molecule has 4 rings (SSSR count). The van der Waals surface area contributed by atoms with Crippen LogP contribution in [0.25, 0.3) is 11.0 Å². The number of hydrogen-bond donors (Lipinski definition) is 0. The van der Waals surface area contributed by atoms with Crippen LogP contribution in [-0.4, -0.2) is 9.55 Å². The molecule has 1 aromatic heterocycles. The third-order valence-electron chi connectivity index (χ3n) is 4.27. The number of halogens is 3. The van der Waals surface area contributed by atoms with Gasteiger partial charge in [0, 0.05) is 10.6 Å². The van der Waals surface area contributed by atoms with Crippen LogP contribution in [0.2, 0.25) is 10.0 Å². The fraction of sp³-hybridized carbons (Fsp3) is 0.0952. The van der Waals surface area contributed by atoms with E-state index in [2.05, 4.69) is 4.98 Å². The quantitative estimate of drug-likeness (QED) is 0.404. The number of imidazole rings is 1. The van der Waals surface area contributed by atoms with Crippen LogP contribution in [0.1, 0.15) is 11.4 Å². The topological polar surface area (TPSA) is 27.1 Å². The highest BCUT2D eigenvalue weighted by atomic mass is 35.5. The summed E-state index contributed by atoms with van der Waals surface area (Å²) in [5.41, 5.74) is 2.34. The predicted molar refractivity (Wildman–Crippen MR) is 106 cm³/mol. The standard InChI is InChI=1S/C21H15Cl2FN2O/c22-15-9-10-20(16(23)11-15)27-13-21-25-18-7-3-4-8-19(18)26(21)12-14-5-1-2-6-17(14)24/h1-11H,12-13H2. The molecule has 3 aromatic carbocycles. The van der Waals surface area contributed by atoms with Crippen molar-refractivity contribution in [1.82, 2.24) is 9.55 Å². The van der Waals surface area contributed by atoms with Crippen LogP contribution in [0.15, 0.2) is 66.7 Å². The predicted octanol–water partition coefficient (Wildman–Crippen LogP) is 6.11. The van der Waals surface area contributed by atoms with Crippen molar-refractivity contribution in [2.75, 3.05) is 0 Å². The lowest BCUT2D eigenvalue weighted by molar-refractivity contribution is 0.291. The van der Waals surface area contributed by atoms with Gasteiger partial charge in [-0.05, 0) is 36.4 Å². The van der Waals surface area contributed by atoms with E-state index in [9.17, 15) is 4.39 Å². The van der Waals surface area contributed by atoms with Crippen molar-refractivity contribution < 1.29 is 9.13 Å². The Bertz CT molecular complexity index is 1110. The van der Waals surface area contributed by atoms with Gasteiger partial charge in [-0.2, -0.15) is 0 Å². The van der Waals surface area contributed by atoms with E-state index < -0.39 is 0 Å². The highest BCUT2D eigenvalue weighted by molar-refractivity contribution is 6.35. The van der Waals surface area contributed by atoms with Crippen molar-refractivity contribution in [3.8, 4) is 5.75 Å². The molecule has 27 heavy (non-hydrogen) atoms. The number of para-hydroxylation sites is 2. The van der Waals surface area contributed by atoms with Crippen LogP contribution in [-0.2, 0) is 13.2 Å². The minimum Gasteiger partial charge on any atom is -0.484 e. The van der Waals surface area contributed by atoms with Gasteiger partial charge in [0.2, 0.25) is 0 Å². The molecule has 0 aliphatic heterocycles. The Balaban J connectivity index is 1.68. The summed E-state index contributed by atoms with van der Waals surface area (Å²) in [6.45, 7) is 0.560. The van der Waals surface area contributed by atoms with Gasteiger partial charge in [0.25, 0.3) is 0 Å². The molecule has 1 heterocycles. The van der Waals surface area contributed by atoms with Gasteiger partial charge < -0.3 is 9.30 Å². The molecular formula is C21H15Cl2FN2O. The van der Waals surface area contributed by atoms with Gasteiger partial charge in [-0.25, -0.2) is 9.37 Å². The Labute approximate surface area is 165 Å². The molecule has 0 aliphatic carbocycles. The Morgan fingerprint density at radius 1 is 0.963 bits per heavy atom. The van der Waals surface area contributed by atoms with Crippen molar-refractivity contribution in [1.29, 1.82) is 0 Å². The molecular weight excluding hydrogens is 386 g/mol. The molecule has 0 spiro atoms. The summed E-state index contributed by atoms with van der Waals surface area (Å²) in [7, 11) is 0. The monoisotopic (exact) mass is 400 g/mol. The first-order valence-corrected chi connectivity index (χ1v) is 9.13. The maximum Gasteiger partial charge on any atom is 0.148 e. The second kappa shape index (κ2) is 7.59. The number of aromatic nitrogens is 2. The van der Waals surface area contributed by atoms with E-state index in [1.54, 1.807) is 30.3 Å². The van der Waals surface area contributed by atoms with Crippen molar-refractivity contribution in [3.05, 3.63) is 94.0 Å². The number of benzene rings is 3. The van der Waals surface area contributed by atoms with Crippen LogP contribution in [0.3, 0.4) is 0 Å². The molecule has 0 amide bonds. The molecule has 0 radical (unpaired) electrons. The fourth-order valence-electron chi connectivity index (χ4n) is 2.94. The van der Waals surface area contributed by atoms with Gasteiger partial charge in [0.1, 0.15) is 24.0 Å². The first kappa shape index (κ1) is 17.8. The van der Waals surface area contributed by atoms with Gasteiger partial charge in [-0.1, -0.05) is 53.5 Å². The van der Waals surface area contributed by atoms with E-state index in [1.807, 2.05) is 34.9 Å². The zero-order valence-electron chi connectivity index (χ0n) is 14.2. The summed E-state index contributed by atoms with van der Waals surface area (Å²) >= 11 is 12.1. The zero-order valence-corrected chi connectivity index (χ0v) is 15.7. The molecule has 6 heteroatoms. The van der Waals surface area contributed by atoms with Crippen molar-refractivity contribution >= 4 is 34.2 Å². The zero-order chi connectivity index (χ0) is 18.8. The number of fused-ring (bicyclic) bond motifs is 1. The molecule has 3 nitrogen and oxygen atoms in total. The summed E-state index contributed by atoms with van der Waals surface area (Å²) in [5, 5.41) is 0.971. The number of rotatable bonds is 5. The second-order valence-electron chi connectivity index (χ2n) is 6.06. The van der Waals surface area contributed by atoms with Gasteiger partial charge >= 0.3 is 0 Å². The van der Waals surface area contributed by atoms with Crippen molar-refractivity contribution in [3.63, 3.8) is 0 Å². The van der Waals surface area contributed by atoms with E-state index >= 15 is 0 Å². The van der Waals surface area contributed by atoms with Crippen LogP contribution in [0, 0.1) is 5.82 Å². The Hall–Kier alpha value is -2.56. The molecule has 0 saturated heterocycles. The molecule has 0 fully saturated rings. The van der Waals surface area contributed by atoms with E-state index in [1.165, 1.54) is 6.07 Å². The molecule has 136 valence electrons. The summed E-state index contributed by atoms with van der Waals surface area (Å²) in [5.74, 6) is 0.957. The summed E-state index contributed by atoms with van der Waals surface area (Å²) < 4.78 is 22.0. The van der Waals surface area contributed by atoms with Gasteiger partial charge in [-0.15, -0.1) is 0 Å². The lowest BCUT2D eigenvalue weighted by Crippen LogP contribution is -2.09. The lowest BCUT2D eigenvalue weighted by atomic mass is 10.2. The molecule has 0 unspecified atom stereocenters. The largest absolute Gasteiger partial charge is 0.484 e. The Morgan fingerprint density at radius 2 is 1.74 bits per heavy atom. The van der Waals surface area contributed by atoms with Crippen molar-refractivity contribution in [2.45, 2.75) is 13.2 Å². The lowest BCUT2D eigenvalue weighted by Gasteiger charge is -2.12. The van der Waals surface area contributed by atoms with Crippen LogP contribution >= 0.6 is 23.2 Å². The molecule has 0 bridgehead atoms. The van der Waals surface area contributed by atoms with E-state index in [0.29, 0.717) is 33.7 Å². The van der Waals surface area contributed by atoms with Gasteiger partial charge in [-0.3, -0.25) is 0 Å². The molecule has 0 N–H and O–H groups in total. The third-order valence-corrected chi connectivity index (χ3v) is 4.80. The molecule has 0 saturated carbocycles. The second-order valence-corrected chi connectivity index (χ2v) is 6.90. The van der Waals surface area contributed by atoms with Gasteiger partial charge in [0.15, 0.2) is 0 Å². The molecule has 0 aliphatic rings. The Kier molecular flexibility index (Phi) is 5.01. The smallest absolute Gasteiger partial charge is 0.148 e. The minimum atomic E-state index is -0.247. The normalized spacial score (nSPS) is 11.1. The number of hydrogen-bond acceptors (Lipinski definition) is 2. The SMILES string of the molecule is Fc1ccccc1Cn1c(COc2ccc(Cl)cc2Cl)nc2ccccc21. The number of ether oxygens (including phenoxy) is 1. The summed E-state index contributed by atoms with van der Waals surface area (Å²) in [4.78, 5) is 4.65. The summed E-state index contributed by atoms with van der Waals surface area (Å²) in [6, 6.07) is 19.5. The van der Waals surface area contributed by atoms with E-state index in [0.717, 1.165) is 11.0 Å². The highest BCUT2D eigenvalue weighted by Crippen LogP contribution is 2.28. The van der Waals surface area contributed by atoms with Crippen molar-refractivity contribution in [2.24, 2.45) is 0 Å². The van der Waals surface area contributed by atoms with Crippen LogP contribution < -0.4 is 4.74 Å².